The van der Waals surface area contributed by atoms with Crippen molar-refractivity contribution >= 4 is 10.0 Å². The van der Waals surface area contributed by atoms with E-state index in [1.54, 1.807) is 0 Å². The smallest absolute Gasteiger partial charge is 0.209 e. The maximum atomic E-state index is 11.3. The maximum absolute atomic E-state index is 11.3. The molecule has 4 N–H and O–H groups in total. The standard InChI is InChI=1S/C14H23N3O2S/c15-11-14(12-20(16,18)19)6-8-17(9-7-14)10-13-4-2-1-3-5-13/h1-5H,6-12,15H2,(H2,16,18,19). The Balaban J connectivity index is 1.94. The highest BCUT2D eigenvalue weighted by atomic mass is 32.2. The molecule has 20 heavy (non-hydrogen) atoms. The molecule has 0 aliphatic carbocycles. The van der Waals surface area contributed by atoms with Crippen molar-refractivity contribution in [2.24, 2.45) is 16.3 Å². The van der Waals surface area contributed by atoms with Crippen LogP contribution in [-0.2, 0) is 16.6 Å². The largest absolute Gasteiger partial charge is 0.330 e. The van der Waals surface area contributed by atoms with E-state index in [9.17, 15) is 8.42 Å². The number of primary sulfonamides is 1. The number of likely N-dealkylation sites (tertiary alicyclic amines) is 1. The van der Waals surface area contributed by atoms with Crippen LogP contribution >= 0.6 is 0 Å². The van der Waals surface area contributed by atoms with Crippen LogP contribution in [0.1, 0.15) is 18.4 Å². The summed E-state index contributed by atoms with van der Waals surface area (Å²) in [5, 5.41) is 5.19. The van der Waals surface area contributed by atoms with Gasteiger partial charge < -0.3 is 5.73 Å². The predicted octanol–water partition coefficient (Wildman–Crippen LogP) is 0.516. The minimum Gasteiger partial charge on any atom is -0.330 e. The molecule has 112 valence electrons. The number of nitrogens with zero attached hydrogens (tertiary/aromatic N) is 1. The molecule has 1 aliphatic rings. The van der Waals surface area contributed by atoms with Crippen LogP contribution in [0.2, 0.25) is 0 Å². The highest BCUT2D eigenvalue weighted by Crippen LogP contribution is 2.32. The lowest BCUT2D eigenvalue weighted by molar-refractivity contribution is 0.121. The summed E-state index contributed by atoms with van der Waals surface area (Å²) in [4.78, 5) is 2.34. The summed E-state index contributed by atoms with van der Waals surface area (Å²) in [5.74, 6) is -0.00429. The predicted molar refractivity (Wildman–Crippen MR) is 80.4 cm³/mol. The molecule has 0 amide bonds. The Kier molecular flexibility index (Phi) is 4.80. The second-order valence-electron chi connectivity index (χ2n) is 5.77. The van der Waals surface area contributed by atoms with Gasteiger partial charge in [0.1, 0.15) is 0 Å². The Labute approximate surface area is 121 Å². The minimum absolute atomic E-state index is 0.00429. The van der Waals surface area contributed by atoms with E-state index in [2.05, 4.69) is 17.0 Å². The molecule has 1 heterocycles. The topological polar surface area (TPSA) is 89.4 Å². The average Bonchev–Trinajstić information content (AvgIpc) is 2.41. The first-order chi connectivity index (χ1) is 9.42. The molecule has 6 heteroatoms. The van der Waals surface area contributed by atoms with Crippen molar-refractivity contribution in [1.82, 2.24) is 4.90 Å². The van der Waals surface area contributed by atoms with Crippen LogP contribution in [0, 0.1) is 5.41 Å². The van der Waals surface area contributed by atoms with Crippen LogP contribution in [0.5, 0.6) is 0 Å². The fraction of sp³-hybridized carbons (Fsp3) is 0.571. The van der Waals surface area contributed by atoms with Gasteiger partial charge in [-0.25, -0.2) is 13.6 Å². The second kappa shape index (κ2) is 6.22. The number of hydrogen-bond acceptors (Lipinski definition) is 4. The van der Waals surface area contributed by atoms with Gasteiger partial charge in [-0.05, 0) is 38.0 Å². The van der Waals surface area contributed by atoms with Crippen LogP contribution in [-0.4, -0.2) is 38.7 Å². The van der Waals surface area contributed by atoms with E-state index in [1.165, 1.54) is 5.56 Å². The van der Waals surface area contributed by atoms with Crippen molar-refractivity contribution in [3.8, 4) is 0 Å². The molecule has 1 aliphatic heterocycles. The summed E-state index contributed by atoms with van der Waals surface area (Å²) in [6, 6.07) is 10.3. The van der Waals surface area contributed by atoms with Crippen molar-refractivity contribution in [1.29, 1.82) is 0 Å². The SMILES string of the molecule is NCC1(CS(N)(=O)=O)CCN(Cc2ccccc2)CC1. The summed E-state index contributed by atoms with van der Waals surface area (Å²) < 4.78 is 22.7. The molecule has 0 radical (unpaired) electrons. The number of piperidine rings is 1. The number of sulfonamides is 1. The van der Waals surface area contributed by atoms with E-state index in [-0.39, 0.29) is 11.2 Å². The van der Waals surface area contributed by atoms with Crippen LogP contribution < -0.4 is 10.9 Å². The van der Waals surface area contributed by atoms with Crippen LogP contribution in [0.4, 0.5) is 0 Å². The first kappa shape index (κ1) is 15.4. The highest BCUT2D eigenvalue weighted by Gasteiger charge is 2.36. The Bertz CT molecular complexity index is 523. The molecule has 2 rings (SSSR count). The number of hydrogen-bond donors (Lipinski definition) is 2. The lowest BCUT2D eigenvalue weighted by Crippen LogP contribution is -2.48. The molecular formula is C14H23N3O2S. The monoisotopic (exact) mass is 297 g/mol. The summed E-state index contributed by atoms with van der Waals surface area (Å²) in [6.07, 6.45) is 1.57. The molecule has 0 atom stereocenters. The van der Waals surface area contributed by atoms with Gasteiger partial charge in [-0.2, -0.15) is 0 Å². The molecule has 0 aromatic heterocycles. The molecule has 0 saturated carbocycles. The summed E-state index contributed by atoms with van der Waals surface area (Å²) in [7, 11) is -3.47. The van der Waals surface area contributed by atoms with Crippen molar-refractivity contribution in [3.05, 3.63) is 35.9 Å². The van der Waals surface area contributed by atoms with Crippen molar-refractivity contribution in [2.75, 3.05) is 25.4 Å². The van der Waals surface area contributed by atoms with Crippen molar-refractivity contribution < 1.29 is 8.42 Å². The summed E-state index contributed by atoms with van der Waals surface area (Å²) in [5.41, 5.74) is 6.74. The van der Waals surface area contributed by atoms with E-state index in [1.807, 2.05) is 18.2 Å². The lowest BCUT2D eigenvalue weighted by Gasteiger charge is -2.40. The summed E-state index contributed by atoms with van der Waals surface area (Å²) >= 11 is 0. The van der Waals surface area contributed by atoms with Gasteiger partial charge in [-0.3, -0.25) is 4.90 Å². The first-order valence-electron chi connectivity index (χ1n) is 6.89. The highest BCUT2D eigenvalue weighted by molar-refractivity contribution is 7.89. The lowest BCUT2D eigenvalue weighted by atomic mass is 9.80. The third kappa shape index (κ3) is 4.28. The van der Waals surface area contributed by atoms with Gasteiger partial charge in [0, 0.05) is 12.0 Å². The molecule has 1 saturated heterocycles. The molecule has 0 unspecified atom stereocenters. The average molecular weight is 297 g/mol. The van der Waals surface area contributed by atoms with Gasteiger partial charge in [0.15, 0.2) is 0 Å². The summed E-state index contributed by atoms with van der Waals surface area (Å²) in [6.45, 7) is 3.00. The van der Waals surface area contributed by atoms with Gasteiger partial charge in [-0.1, -0.05) is 30.3 Å². The van der Waals surface area contributed by atoms with Crippen molar-refractivity contribution in [3.63, 3.8) is 0 Å². The Morgan fingerprint density at radius 2 is 1.75 bits per heavy atom. The molecule has 0 bridgehead atoms. The second-order valence-corrected chi connectivity index (χ2v) is 7.39. The Morgan fingerprint density at radius 1 is 1.15 bits per heavy atom. The fourth-order valence-corrected chi connectivity index (χ4v) is 4.12. The van der Waals surface area contributed by atoms with Crippen LogP contribution in [0.25, 0.3) is 0 Å². The number of benzene rings is 1. The van der Waals surface area contributed by atoms with E-state index in [0.717, 1.165) is 32.5 Å². The third-order valence-corrected chi connectivity index (χ3v) is 5.12. The minimum atomic E-state index is -3.47. The first-order valence-corrected chi connectivity index (χ1v) is 8.61. The Morgan fingerprint density at radius 3 is 2.25 bits per heavy atom. The fourth-order valence-electron chi connectivity index (χ4n) is 2.86. The maximum Gasteiger partial charge on any atom is 0.209 e. The van der Waals surface area contributed by atoms with E-state index < -0.39 is 10.0 Å². The van der Waals surface area contributed by atoms with Gasteiger partial charge in [0.25, 0.3) is 0 Å². The molecule has 5 nitrogen and oxygen atoms in total. The van der Waals surface area contributed by atoms with Crippen LogP contribution in [0.3, 0.4) is 0 Å². The van der Waals surface area contributed by atoms with Crippen molar-refractivity contribution in [2.45, 2.75) is 19.4 Å². The molecule has 1 fully saturated rings. The van der Waals surface area contributed by atoms with Crippen LogP contribution in [0.15, 0.2) is 30.3 Å². The number of nitrogens with two attached hydrogens (primary N) is 2. The normalized spacial score (nSPS) is 19.9. The van der Waals surface area contributed by atoms with E-state index in [0.29, 0.717) is 6.54 Å². The zero-order valence-corrected chi connectivity index (χ0v) is 12.5. The van der Waals surface area contributed by atoms with Gasteiger partial charge in [0.05, 0.1) is 5.75 Å². The molecule has 1 aromatic carbocycles. The van der Waals surface area contributed by atoms with E-state index >= 15 is 0 Å². The molecular weight excluding hydrogens is 274 g/mol. The molecule has 1 aromatic rings. The molecule has 0 spiro atoms. The number of rotatable bonds is 5. The Hall–Kier alpha value is -0.950. The zero-order valence-electron chi connectivity index (χ0n) is 11.7. The van der Waals surface area contributed by atoms with Gasteiger partial charge in [-0.15, -0.1) is 0 Å². The third-order valence-electron chi connectivity index (χ3n) is 4.11. The van der Waals surface area contributed by atoms with Gasteiger partial charge >= 0.3 is 0 Å². The van der Waals surface area contributed by atoms with E-state index in [4.69, 9.17) is 10.9 Å². The quantitative estimate of drug-likeness (QED) is 0.829. The van der Waals surface area contributed by atoms with Gasteiger partial charge in [0.2, 0.25) is 10.0 Å². The zero-order chi connectivity index (χ0) is 14.6.